The molecule has 0 unspecified atom stereocenters. The molecule has 0 aromatic heterocycles. The first-order valence-corrected chi connectivity index (χ1v) is 5.50. The molecule has 1 saturated heterocycles. The summed E-state index contributed by atoms with van der Waals surface area (Å²) >= 11 is 0. The fourth-order valence-corrected chi connectivity index (χ4v) is 2.68. The van der Waals surface area contributed by atoms with Crippen molar-refractivity contribution < 1.29 is 0 Å². The lowest BCUT2D eigenvalue weighted by Gasteiger charge is -2.25. The number of fused-ring (bicyclic) bond motifs is 3. The van der Waals surface area contributed by atoms with Crippen LogP contribution in [-0.4, -0.2) is 19.1 Å². The van der Waals surface area contributed by atoms with E-state index in [1.165, 1.54) is 30.6 Å². The van der Waals surface area contributed by atoms with Crippen LogP contribution in [0.25, 0.3) is 0 Å². The quantitative estimate of drug-likeness (QED) is 0.667. The zero-order chi connectivity index (χ0) is 9.38. The molecule has 1 atom stereocenters. The molecule has 0 radical (unpaired) electrons. The second-order valence-corrected chi connectivity index (χ2v) is 4.25. The highest BCUT2D eigenvalue weighted by atomic mass is 15.2. The summed E-state index contributed by atoms with van der Waals surface area (Å²) in [5.74, 6) is 0. The van der Waals surface area contributed by atoms with Crippen LogP contribution in [0.1, 0.15) is 18.4 Å². The highest BCUT2D eigenvalue weighted by Gasteiger charge is 2.27. The molecule has 1 aromatic carbocycles. The number of nitrogens with one attached hydrogen (secondary N) is 1. The highest BCUT2D eigenvalue weighted by Crippen LogP contribution is 2.30. The highest BCUT2D eigenvalue weighted by molar-refractivity contribution is 5.56. The lowest BCUT2D eigenvalue weighted by atomic mass is 10.1. The van der Waals surface area contributed by atoms with E-state index in [1.54, 1.807) is 0 Å². The molecule has 2 heteroatoms. The van der Waals surface area contributed by atoms with Gasteiger partial charge in [0.1, 0.15) is 0 Å². The van der Waals surface area contributed by atoms with Gasteiger partial charge in [-0.05, 0) is 24.5 Å². The second-order valence-electron chi connectivity index (χ2n) is 4.25. The molecule has 14 heavy (non-hydrogen) atoms. The summed E-state index contributed by atoms with van der Waals surface area (Å²) in [6.45, 7) is 3.42. The molecule has 0 aliphatic carbocycles. The molecule has 1 fully saturated rings. The van der Waals surface area contributed by atoms with Crippen LogP contribution in [0, 0.1) is 0 Å². The molecule has 3 rings (SSSR count). The topological polar surface area (TPSA) is 15.3 Å². The first-order valence-electron chi connectivity index (χ1n) is 5.50. The third kappa shape index (κ3) is 1.22. The summed E-state index contributed by atoms with van der Waals surface area (Å²) in [4.78, 5) is 2.58. The van der Waals surface area contributed by atoms with Crippen LogP contribution in [0.5, 0.6) is 0 Å². The minimum Gasteiger partial charge on any atom is -0.367 e. The lowest BCUT2D eigenvalue weighted by Crippen LogP contribution is -2.34. The van der Waals surface area contributed by atoms with E-state index < -0.39 is 0 Å². The van der Waals surface area contributed by atoms with Gasteiger partial charge in [-0.3, -0.25) is 0 Å². The minimum atomic E-state index is 0.735. The number of hydrogen-bond acceptors (Lipinski definition) is 2. The van der Waals surface area contributed by atoms with Crippen molar-refractivity contribution in [2.45, 2.75) is 25.4 Å². The Morgan fingerprint density at radius 2 is 2.21 bits per heavy atom. The van der Waals surface area contributed by atoms with Crippen LogP contribution in [-0.2, 0) is 6.54 Å². The Morgan fingerprint density at radius 1 is 1.29 bits per heavy atom. The van der Waals surface area contributed by atoms with Gasteiger partial charge in [0.05, 0.1) is 0 Å². The number of hydrogen-bond donors (Lipinski definition) is 1. The molecular weight excluding hydrogens is 172 g/mol. The molecule has 2 aliphatic rings. The van der Waals surface area contributed by atoms with E-state index in [1.807, 2.05) is 0 Å². The van der Waals surface area contributed by atoms with Crippen molar-refractivity contribution in [3.8, 4) is 0 Å². The van der Waals surface area contributed by atoms with E-state index in [-0.39, 0.29) is 0 Å². The van der Waals surface area contributed by atoms with Gasteiger partial charge < -0.3 is 10.2 Å². The van der Waals surface area contributed by atoms with Crippen molar-refractivity contribution in [2.75, 3.05) is 18.0 Å². The third-order valence-corrected chi connectivity index (χ3v) is 3.37. The van der Waals surface area contributed by atoms with E-state index in [0.29, 0.717) is 0 Å². The number of rotatable bonds is 0. The summed E-state index contributed by atoms with van der Waals surface area (Å²) in [7, 11) is 0. The first-order chi connectivity index (χ1) is 6.95. The SMILES string of the molecule is c1ccc2c(c1)CNC[C@@H]1CCCN21. The monoisotopic (exact) mass is 188 g/mol. The van der Waals surface area contributed by atoms with Crippen molar-refractivity contribution in [3.05, 3.63) is 29.8 Å². The van der Waals surface area contributed by atoms with Gasteiger partial charge in [0.15, 0.2) is 0 Å². The molecule has 2 heterocycles. The lowest BCUT2D eigenvalue weighted by molar-refractivity contribution is 0.593. The average molecular weight is 188 g/mol. The van der Waals surface area contributed by atoms with Crippen LogP contribution >= 0.6 is 0 Å². The molecule has 1 N–H and O–H groups in total. The maximum Gasteiger partial charge on any atom is 0.0415 e. The first kappa shape index (κ1) is 8.30. The largest absolute Gasteiger partial charge is 0.367 e. The van der Waals surface area contributed by atoms with E-state index in [2.05, 4.69) is 34.5 Å². The van der Waals surface area contributed by atoms with Crippen LogP contribution < -0.4 is 10.2 Å². The Bertz CT molecular complexity index is 335. The van der Waals surface area contributed by atoms with Crippen LogP contribution in [0.3, 0.4) is 0 Å². The van der Waals surface area contributed by atoms with Gasteiger partial charge in [-0.15, -0.1) is 0 Å². The Balaban J connectivity index is 2.04. The van der Waals surface area contributed by atoms with Crippen molar-refractivity contribution in [2.24, 2.45) is 0 Å². The van der Waals surface area contributed by atoms with Crippen molar-refractivity contribution >= 4 is 5.69 Å². The van der Waals surface area contributed by atoms with Crippen LogP contribution in [0.15, 0.2) is 24.3 Å². The standard InChI is InChI=1S/C12H16N2/c1-2-6-12-10(4-1)8-13-9-11-5-3-7-14(11)12/h1-2,4,6,11,13H,3,5,7-9H2/t11-/m0/s1. The number of benzene rings is 1. The fourth-order valence-electron chi connectivity index (χ4n) is 2.68. The van der Waals surface area contributed by atoms with Gasteiger partial charge in [-0.25, -0.2) is 0 Å². The van der Waals surface area contributed by atoms with E-state index in [0.717, 1.165) is 19.1 Å². The van der Waals surface area contributed by atoms with Gasteiger partial charge >= 0.3 is 0 Å². The Kier molecular flexibility index (Phi) is 1.95. The molecule has 0 bridgehead atoms. The molecule has 2 aliphatic heterocycles. The van der Waals surface area contributed by atoms with Crippen LogP contribution in [0.2, 0.25) is 0 Å². The molecule has 0 spiro atoms. The number of para-hydroxylation sites is 1. The fraction of sp³-hybridized carbons (Fsp3) is 0.500. The summed E-state index contributed by atoms with van der Waals surface area (Å²) in [5, 5.41) is 3.53. The van der Waals surface area contributed by atoms with Crippen molar-refractivity contribution in [1.82, 2.24) is 5.32 Å². The molecule has 0 amide bonds. The maximum atomic E-state index is 3.53. The molecule has 0 saturated carbocycles. The summed E-state index contributed by atoms with van der Waals surface area (Å²) < 4.78 is 0. The normalized spacial score (nSPS) is 25.4. The zero-order valence-electron chi connectivity index (χ0n) is 8.37. The zero-order valence-corrected chi connectivity index (χ0v) is 8.37. The second kappa shape index (κ2) is 3.28. The third-order valence-electron chi connectivity index (χ3n) is 3.37. The predicted molar refractivity (Wildman–Crippen MR) is 58.5 cm³/mol. The summed E-state index contributed by atoms with van der Waals surface area (Å²) in [5.41, 5.74) is 2.91. The smallest absolute Gasteiger partial charge is 0.0415 e. The van der Waals surface area contributed by atoms with Gasteiger partial charge in [-0.1, -0.05) is 18.2 Å². The Hall–Kier alpha value is -1.02. The van der Waals surface area contributed by atoms with Gasteiger partial charge in [0.2, 0.25) is 0 Å². The molecule has 2 nitrogen and oxygen atoms in total. The van der Waals surface area contributed by atoms with Crippen molar-refractivity contribution in [1.29, 1.82) is 0 Å². The van der Waals surface area contributed by atoms with E-state index in [9.17, 15) is 0 Å². The summed E-state index contributed by atoms with van der Waals surface area (Å²) in [6, 6.07) is 9.53. The molecule has 74 valence electrons. The van der Waals surface area contributed by atoms with Gasteiger partial charge in [-0.2, -0.15) is 0 Å². The predicted octanol–water partition coefficient (Wildman–Crippen LogP) is 1.76. The van der Waals surface area contributed by atoms with E-state index >= 15 is 0 Å². The van der Waals surface area contributed by atoms with E-state index in [4.69, 9.17) is 0 Å². The maximum absolute atomic E-state index is 3.53. The minimum absolute atomic E-state index is 0.735. The van der Waals surface area contributed by atoms with Crippen molar-refractivity contribution in [3.63, 3.8) is 0 Å². The molecular formula is C12H16N2. The number of anilines is 1. The Labute approximate surface area is 84.9 Å². The number of nitrogens with zero attached hydrogens (tertiary/aromatic N) is 1. The van der Waals surface area contributed by atoms with Gasteiger partial charge in [0, 0.05) is 31.4 Å². The average Bonchev–Trinajstić information content (AvgIpc) is 2.61. The summed E-state index contributed by atoms with van der Waals surface area (Å²) in [6.07, 6.45) is 2.70. The van der Waals surface area contributed by atoms with Crippen LogP contribution in [0.4, 0.5) is 5.69 Å². The Morgan fingerprint density at radius 3 is 3.21 bits per heavy atom. The van der Waals surface area contributed by atoms with Gasteiger partial charge in [0.25, 0.3) is 0 Å². The molecule has 1 aromatic rings.